The summed E-state index contributed by atoms with van der Waals surface area (Å²) in [5.74, 6) is -0.160. The van der Waals surface area contributed by atoms with Gasteiger partial charge in [0.25, 0.3) is 11.8 Å². The molecule has 6 heteroatoms. The first-order chi connectivity index (χ1) is 11.6. The van der Waals surface area contributed by atoms with Crippen LogP contribution in [0.3, 0.4) is 0 Å². The molecule has 24 heavy (non-hydrogen) atoms. The van der Waals surface area contributed by atoms with Gasteiger partial charge in [-0.05, 0) is 49.4 Å². The van der Waals surface area contributed by atoms with Crippen molar-refractivity contribution in [2.24, 2.45) is 0 Å². The molecule has 0 radical (unpaired) electrons. The molecule has 0 spiro atoms. The quantitative estimate of drug-likeness (QED) is 0.648. The molecule has 3 aromatic rings. The number of carbonyl (C=O) groups is 2. The Kier molecular flexibility index (Phi) is 4.20. The van der Waals surface area contributed by atoms with Crippen LogP contribution < -0.4 is 15.6 Å². The van der Waals surface area contributed by atoms with E-state index in [2.05, 4.69) is 15.8 Å². The standard InChI is InChI=1S/C18H17N3O3/c1-11-3-8-15-13(9-11)10-16(19-15)18(23)21-20-17(22)12-4-6-14(24-2)7-5-12/h3-10,19H,1-2H3,(H,20,22)(H,21,23). The third-order valence-corrected chi connectivity index (χ3v) is 3.66. The number of hydrazine groups is 1. The summed E-state index contributed by atoms with van der Waals surface area (Å²) in [7, 11) is 1.55. The summed E-state index contributed by atoms with van der Waals surface area (Å²) in [6.07, 6.45) is 0. The Labute approximate surface area is 138 Å². The van der Waals surface area contributed by atoms with Crippen molar-refractivity contribution in [2.45, 2.75) is 6.92 Å². The molecule has 0 atom stereocenters. The van der Waals surface area contributed by atoms with Crippen molar-refractivity contribution in [2.75, 3.05) is 7.11 Å². The molecule has 1 heterocycles. The fourth-order valence-electron chi connectivity index (χ4n) is 2.37. The number of aryl methyl sites for hydroxylation is 1. The minimum atomic E-state index is -0.411. The highest BCUT2D eigenvalue weighted by atomic mass is 16.5. The number of hydrogen-bond acceptors (Lipinski definition) is 3. The molecule has 2 aromatic carbocycles. The Bertz CT molecular complexity index is 898. The Morgan fingerprint density at radius 2 is 1.67 bits per heavy atom. The average Bonchev–Trinajstić information content (AvgIpc) is 3.02. The third kappa shape index (κ3) is 3.22. The molecule has 0 bridgehead atoms. The Morgan fingerprint density at radius 1 is 0.958 bits per heavy atom. The van der Waals surface area contributed by atoms with E-state index in [0.717, 1.165) is 16.5 Å². The second-order valence-electron chi connectivity index (χ2n) is 5.41. The molecule has 6 nitrogen and oxygen atoms in total. The molecule has 0 aliphatic rings. The molecule has 0 saturated heterocycles. The van der Waals surface area contributed by atoms with Gasteiger partial charge in [0.05, 0.1) is 7.11 Å². The van der Waals surface area contributed by atoms with E-state index in [1.807, 2.05) is 25.1 Å². The van der Waals surface area contributed by atoms with E-state index in [1.54, 1.807) is 37.4 Å². The molecule has 122 valence electrons. The number of H-pyrrole nitrogens is 1. The summed E-state index contributed by atoms with van der Waals surface area (Å²) in [6, 6.07) is 14.2. The number of hydrogen-bond donors (Lipinski definition) is 3. The number of carbonyl (C=O) groups excluding carboxylic acids is 2. The van der Waals surface area contributed by atoms with Crippen molar-refractivity contribution in [3.63, 3.8) is 0 Å². The van der Waals surface area contributed by atoms with Crippen LogP contribution in [0.2, 0.25) is 0 Å². The van der Waals surface area contributed by atoms with Crippen LogP contribution in [-0.2, 0) is 0 Å². The van der Waals surface area contributed by atoms with Gasteiger partial charge in [0.1, 0.15) is 11.4 Å². The summed E-state index contributed by atoms with van der Waals surface area (Å²) in [6.45, 7) is 1.99. The maximum atomic E-state index is 12.2. The van der Waals surface area contributed by atoms with E-state index < -0.39 is 11.8 Å². The summed E-state index contributed by atoms with van der Waals surface area (Å²) >= 11 is 0. The van der Waals surface area contributed by atoms with Gasteiger partial charge in [-0.3, -0.25) is 20.4 Å². The summed E-state index contributed by atoms with van der Waals surface area (Å²) in [4.78, 5) is 27.2. The summed E-state index contributed by atoms with van der Waals surface area (Å²) in [5.41, 5.74) is 7.57. The average molecular weight is 323 g/mol. The Hall–Kier alpha value is -3.28. The number of methoxy groups -OCH3 is 1. The van der Waals surface area contributed by atoms with Gasteiger partial charge in [-0.25, -0.2) is 0 Å². The van der Waals surface area contributed by atoms with Crippen LogP contribution in [0.25, 0.3) is 10.9 Å². The van der Waals surface area contributed by atoms with Crippen molar-refractivity contribution >= 4 is 22.7 Å². The lowest BCUT2D eigenvalue weighted by Gasteiger charge is -2.07. The number of nitrogens with one attached hydrogen (secondary N) is 3. The molecule has 1 aromatic heterocycles. The van der Waals surface area contributed by atoms with Gasteiger partial charge in [0.2, 0.25) is 0 Å². The topological polar surface area (TPSA) is 83.2 Å². The van der Waals surface area contributed by atoms with Gasteiger partial charge >= 0.3 is 0 Å². The fourth-order valence-corrected chi connectivity index (χ4v) is 2.37. The second kappa shape index (κ2) is 6.45. The zero-order chi connectivity index (χ0) is 17.1. The Balaban J connectivity index is 1.66. The van der Waals surface area contributed by atoms with E-state index in [1.165, 1.54) is 0 Å². The van der Waals surface area contributed by atoms with E-state index >= 15 is 0 Å². The molecule has 0 saturated carbocycles. The van der Waals surface area contributed by atoms with Crippen LogP contribution >= 0.6 is 0 Å². The first kappa shape index (κ1) is 15.6. The fraction of sp³-hybridized carbons (Fsp3) is 0.111. The van der Waals surface area contributed by atoms with Crippen LogP contribution in [-0.4, -0.2) is 23.9 Å². The van der Waals surface area contributed by atoms with Crippen molar-refractivity contribution in [3.05, 3.63) is 65.4 Å². The number of amides is 2. The van der Waals surface area contributed by atoms with Gasteiger partial charge in [-0.15, -0.1) is 0 Å². The van der Waals surface area contributed by atoms with Crippen LogP contribution in [0.4, 0.5) is 0 Å². The summed E-state index contributed by atoms with van der Waals surface area (Å²) in [5, 5.41) is 0.946. The predicted molar refractivity (Wildman–Crippen MR) is 91.0 cm³/mol. The van der Waals surface area contributed by atoms with Crippen molar-refractivity contribution < 1.29 is 14.3 Å². The molecule has 3 rings (SSSR count). The molecule has 2 amide bonds. The largest absolute Gasteiger partial charge is 0.497 e. The van der Waals surface area contributed by atoms with E-state index in [4.69, 9.17) is 4.74 Å². The highest BCUT2D eigenvalue weighted by Gasteiger charge is 2.11. The minimum Gasteiger partial charge on any atom is -0.497 e. The lowest BCUT2D eigenvalue weighted by molar-refractivity contribution is 0.0844. The predicted octanol–water partition coefficient (Wildman–Crippen LogP) is 2.56. The second-order valence-corrected chi connectivity index (χ2v) is 5.41. The van der Waals surface area contributed by atoms with Gasteiger partial charge in [0, 0.05) is 16.5 Å². The molecular formula is C18H17N3O3. The van der Waals surface area contributed by atoms with Gasteiger partial charge < -0.3 is 9.72 Å². The normalized spacial score (nSPS) is 10.4. The molecule has 3 N–H and O–H groups in total. The number of aromatic nitrogens is 1. The zero-order valence-corrected chi connectivity index (χ0v) is 13.3. The van der Waals surface area contributed by atoms with Crippen LogP contribution in [0.1, 0.15) is 26.4 Å². The number of rotatable bonds is 3. The molecule has 0 aliphatic carbocycles. The molecule has 0 aliphatic heterocycles. The molecule has 0 unspecified atom stereocenters. The number of benzene rings is 2. The van der Waals surface area contributed by atoms with Gasteiger partial charge in [0.15, 0.2) is 0 Å². The van der Waals surface area contributed by atoms with Crippen molar-refractivity contribution in [3.8, 4) is 5.75 Å². The highest BCUT2D eigenvalue weighted by Crippen LogP contribution is 2.16. The smallest absolute Gasteiger partial charge is 0.286 e. The number of ether oxygens (including phenoxy) is 1. The van der Waals surface area contributed by atoms with E-state index in [-0.39, 0.29) is 0 Å². The molecule has 0 fully saturated rings. The summed E-state index contributed by atoms with van der Waals surface area (Å²) < 4.78 is 5.04. The number of fused-ring (bicyclic) bond motifs is 1. The van der Waals surface area contributed by atoms with E-state index in [9.17, 15) is 9.59 Å². The number of aromatic amines is 1. The maximum absolute atomic E-state index is 12.2. The van der Waals surface area contributed by atoms with Crippen LogP contribution in [0.15, 0.2) is 48.5 Å². The SMILES string of the molecule is COc1ccc(C(=O)NNC(=O)c2cc3cc(C)ccc3[nH]2)cc1. The molecular weight excluding hydrogens is 306 g/mol. The zero-order valence-electron chi connectivity index (χ0n) is 13.3. The van der Waals surface area contributed by atoms with Crippen molar-refractivity contribution in [1.29, 1.82) is 0 Å². The lowest BCUT2D eigenvalue weighted by atomic mass is 10.2. The van der Waals surface area contributed by atoms with Crippen LogP contribution in [0.5, 0.6) is 5.75 Å². The minimum absolute atomic E-state index is 0.380. The van der Waals surface area contributed by atoms with Gasteiger partial charge in [-0.1, -0.05) is 11.6 Å². The van der Waals surface area contributed by atoms with Gasteiger partial charge in [-0.2, -0.15) is 0 Å². The first-order valence-electron chi connectivity index (χ1n) is 7.41. The lowest BCUT2D eigenvalue weighted by Crippen LogP contribution is -2.41. The Morgan fingerprint density at radius 3 is 2.38 bits per heavy atom. The van der Waals surface area contributed by atoms with E-state index in [0.29, 0.717) is 17.0 Å². The third-order valence-electron chi connectivity index (χ3n) is 3.66. The maximum Gasteiger partial charge on any atom is 0.286 e. The van der Waals surface area contributed by atoms with Crippen LogP contribution in [0, 0.1) is 6.92 Å². The van der Waals surface area contributed by atoms with Crippen molar-refractivity contribution in [1.82, 2.24) is 15.8 Å². The first-order valence-corrected chi connectivity index (χ1v) is 7.41. The monoisotopic (exact) mass is 323 g/mol. The highest BCUT2D eigenvalue weighted by molar-refractivity contribution is 6.00.